The van der Waals surface area contributed by atoms with Crippen LogP contribution in [0.2, 0.25) is 0 Å². The van der Waals surface area contributed by atoms with Gasteiger partial charge in [-0.3, -0.25) is 9.69 Å². The van der Waals surface area contributed by atoms with E-state index in [9.17, 15) is 4.79 Å². The van der Waals surface area contributed by atoms with Crippen LogP contribution < -0.4 is 0 Å². The number of rotatable bonds is 2. The molecule has 2 fully saturated rings. The first kappa shape index (κ1) is 11.9. The van der Waals surface area contributed by atoms with Gasteiger partial charge in [-0.15, -0.1) is 0 Å². The molecular weight excluding hydrogens is 200 g/mol. The molecule has 1 amide bonds. The standard InChI is InChI=1S/C13H24N2O/c1-4-11-5-6-12-9-10(7-8-15(11)12)13(16)14(2)3/h10-12H,4-9H2,1-3H3/t10?,11-,12?/m1/s1. The first-order valence-corrected chi connectivity index (χ1v) is 6.60. The Bertz CT molecular complexity index is 265. The van der Waals surface area contributed by atoms with Crippen LogP contribution in [0.3, 0.4) is 0 Å². The van der Waals surface area contributed by atoms with Gasteiger partial charge in [0.2, 0.25) is 5.91 Å². The first-order valence-electron chi connectivity index (χ1n) is 6.60. The van der Waals surface area contributed by atoms with E-state index in [-0.39, 0.29) is 5.92 Å². The molecule has 0 aliphatic carbocycles. The minimum Gasteiger partial charge on any atom is -0.349 e. The van der Waals surface area contributed by atoms with Crippen molar-refractivity contribution in [2.24, 2.45) is 5.92 Å². The lowest BCUT2D eigenvalue weighted by molar-refractivity contribution is -0.135. The molecule has 0 bridgehead atoms. The summed E-state index contributed by atoms with van der Waals surface area (Å²) in [5.41, 5.74) is 0. The Hall–Kier alpha value is -0.570. The molecular formula is C13H24N2O. The summed E-state index contributed by atoms with van der Waals surface area (Å²) in [5.74, 6) is 0.617. The maximum atomic E-state index is 11.9. The lowest BCUT2D eigenvalue weighted by atomic mass is 9.90. The summed E-state index contributed by atoms with van der Waals surface area (Å²) >= 11 is 0. The zero-order chi connectivity index (χ0) is 11.7. The Morgan fingerprint density at radius 2 is 2.06 bits per heavy atom. The highest BCUT2D eigenvalue weighted by Gasteiger charge is 2.39. The third kappa shape index (κ3) is 2.10. The van der Waals surface area contributed by atoms with Gasteiger partial charge in [0, 0.05) is 32.1 Å². The molecule has 0 aromatic heterocycles. The second-order valence-corrected chi connectivity index (χ2v) is 5.49. The molecule has 2 unspecified atom stereocenters. The molecule has 2 heterocycles. The van der Waals surface area contributed by atoms with E-state index < -0.39 is 0 Å². The van der Waals surface area contributed by atoms with Crippen LogP contribution in [0.25, 0.3) is 0 Å². The summed E-state index contributed by atoms with van der Waals surface area (Å²) in [6.07, 6.45) is 6.06. The topological polar surface area (TPSA) is 23.6 Å². The van der Waals surface area contributed by atoms with Crippen molar-refractivity contribution in [3.8, 4) is 0 Å². The van der Waals surface area contributed by atoms with Gasteiger partial charge in [0.25, 0.3) is 0 Å². The summed E-state index contributed by atoms with van der Waals surface area (Å²) in [6, 6.07) is 1.48. The smallest absolute Gasteiger partial charge is 0.225 e. The molecule has 0 aromatic carbocycles. The fourth-order valence-corrected chi connectivity index (χ4v) is 3.41. The highest BCUT2D eigenvalue weighted by atomic mass is 16.2. The highest BCUT2D eigenvalue weighted by molar-refractivity contribution is 5.78. The summed E-state index contributed by atoms with van der Waals surface area (Å²) in [7, 11) is 3.75. The SMILES string of the molecule is CC[C@@H]1CCC2CC(C(=O)N(C)C)CCN21. The van der Waals surface area contributed by atoms with E-state index in [0.29, 0.717) is 11.9 Å². The lowest BCUT2D eigenvalue weighted by Gasteiger charge is -2.38. The Balaban J connectivity index is 1.95. The molecule has 92 valence electrons. The molecule has 0 aromatic rings. The van der Waals surface area contributed by atoms with Gasteiger partial charge in [-0.2, -0.15) is 0 Å². The minimum atomic E-state index is 0.284. The second-order valence-electron chi connectivity index (χ2n) is 5.49. The minimum absolute atomic E-state index is 0.284. The van der Waals surface area contributed by atoms with E-state index in [2.05, 4.69) is 11.8 Å². The quantitative estimate of drug-likeness (QED) is 0.713. The van der Waals surface area contributed by atoms with E-state index in [1.165, 1.54) is 19.3 Å². The fraction of sp³-hybridized carbons (Fsp3) is 0.923. The van der Waals surface area contributed by atoms with Gasteiger partial charge in [-0.1, -0.05) is 6.92 Å². The molecule has 0 N–H and O–H groups in total. The van der Waals surface area contributed by atoms with E-state index in [4.69, 9.17) is 0 Å². The third-order valence-electron chi connectivity index (χ3n) is 4.32. The normalized spacial score (nSPS) is 34.8. The Morgan fingerprint density at radius 3 is 2.69 bits per heavy atom. The second kappa shape index (κ2) is 4.74. The maximum absolute atomic E-state index is 11.9. The number of amides is 1. The number of carbonyl (C=O) groups excluding carboxylic acids is 1. The van der Waals surface area contributed by atoms with Gasteiger partial charge in [-0.05, 0) is 38.6 Å². The zero-order valence-corrected chi connectivity index (χ0v) is 10.8. The Labute approximate surface area is 98.8 Å². The average molecular weight is 224 g/mol. The molecule has 0 spiro atoms. The van der Waals surface area contributed by atoms with Gasteiger partial charge >= 0.3 is 0 Å². The average Bonchev–Trinajstić information content (AvgIpc) is 2.69. The largest absolute Gasteiger partial charge is 0.349 e. The number of nitrogens with zero attached hydrogens (tertiary/aromatic N) is 2. The van der Waals surface area contributed by atoms with Crippen molar-refractivity contribution in [1.29, 1.82) is 0 Å². The summed E-state index contributed by atoms with van der Waals surface area (Å²) in [6.45, 7) is 3.41. The molecule has 16 heavy (non-hydrogen) atoms. The molecule has 3 atom stereocenters. The van der Waals surface area contributed by atoms with Gasteiger partial charge in [0.05, 0.1) is 0 Å². The lowest BCUT2D eigenvalue weighted by Crippen LogP contribution is -2.45. The highest BCUT2D eigenvalue weighted by Crippen LogP contribution is 2.35. The number of hydrogen-bond acceptors (Lipinski definition) is 2. The molecule has 3 heteroatoms. The molecule has 2 rings (SSSR count). The van der Waals surface area contributed by atoms with Gasteiger partial charge < -0.3 is 4.90 Å². The predicted molar refractivity (Wildman–Crippen MR) is 65.2 cm³/mol. The summed E-state index contributed by atoms with van der Waals surface area (Å²) < 4.78 is 0. The summed E-state index contributed by atoms with van der Waals surface area (Å²) in [5, 5.41) is 0. The van der Waals surface area contributed by atoms with Crippen LogP contribution in [-0.2, 0) is 4.79 Å². The Kier molecular flexibility index (Phi) is 3.53. The van der Waals surface area contributed by atoms with Crippen LogP contribution in [0.15, 0.2) is 0 Å². The van der Waals surface area contributed by atoms with Crippen molar-refractivity contribution in [2.75, 3.05) is 20.6 Å². The monoisotopic (exact) mass is 224 g/mol. The van der Waals surface area contributed by atoms with Crippen LogP contribution in [0.4, 0.5) is 0 Å². The molecule has 0 radical (unpaired) electrons. The van der Waals surface area contributed by atoms with E-state index in [1.807, 2.05) is 14.1 Å². The van der Waals surface area contributed by atoms with Crippen LogP contribution >= 0.6 is 0 Å². The van der Waals surface area contributed by atoms with Crippen molar-refractivity contribution in [1.82, 2.24) is 9.80 Å². The van der Waals surface area contributed by atoms with Gasteiger partial charge in [-0.25, -0.2) is 0 Å². The van der Waals surface area contributed by atoms with Crippen molar-refractivity contribution in [3.05, 3.63) is 0 Å². The van der Waals surface area contributed by atoms with Gasteiger partial charge in [0.15, 0.2) is 0 Å². The van der Waals surface area contributed by atoms with Crippen LogP contribution in [-0.4, -0.2) is 48.4 Å². The Morgan fingerprint density at radius 1 is 1.31 bits per heavy atom. The van der Waals surface area contributed by atoms with Gasteiger partial charge in [0.1, 0.15) is 0 Å². The molecule has 2 aliphatic rings. The number of carbonyl (C=O) groups is 1. The van der Waals surface area contributed by atoms with Crippen molar-refractivity contribution >= 4 is 5.91 Å². The number of fused-ring (bicyclic) bond motifs is 1. The van der Waals surface area contributed by atoms with Crippen LogP contribution in [0.1, 0.15) is 39.0 Å². The van der Waals surface area contributed by atoms with E-state index in [1.54, 1.807) is 4.90 Å². The van der Waals surface area contributed by atoms with Crippen molar-refractivity contribution < 1.29 is 4.79 Å². The molecule has 0 saturated carbocycles. The fourth-order valence-electron chi connectivity index (χ4n) is 3.41. The first-order chi connectivity index (χ1) is 7.63. The van der Waals surface area contributed by atoms with Crippen LogP contribution in [0, 0.1) is 5.92 Å². The molecule has 3 nitrogen and oxygen atoms in total. The number of piperidine rings is 1. The molecule has 2 aliphatic heterocycles. The third-order valence-corrected chi connectivity index (χ3v) is 4.32. The van der Waals surface area contributed by atoms with Crippen LogP contribution in [0.5, 0.6) is 0 Å². The molecule has 2 saturated heterocycles. The maximum Gasteiger partial charge on any atom is 0.225 e. The van der Waals surface area contributed by atoms with E-state index in [0.717, 1.165) is 25.4 Å². The zero-order valence-electron chi connectivity index (χ0n) is 10.8. The predicted octanol–water partition coefficient (Wildman–Crippen LogP) is 1.73. The van der Waals surface area contributed by atoms with Crippen molar-refractivity contribution in [2.45, 2.75) is 51.1 Å². The summed E-state index contributed by atoms with van der Waals surface area (Å²) in [4.78, 5) is 16.4. The van der Waals surface area contributed by atoms with E-state index >= 15 is 0 Å². The van der Waals surface area contributed by atoms with Crippen molar-refractivity contribution in [3.63, 3.8) is 0 Å². The number of hydrogen-bond donors (Lipinski definition) is 0.